The number of ether oxygens (including phenoxy) is 3. The van der Waals surface area contributed by atoms with Gasteiger partial charge in [0, 0.05) is 23.2 Å². The van der Waals surface area contributed by atoms with E-state index in [9.17, 15) is 4.79 Å². The Bertz CT molecular complexity index is 1150. The van der Waals surface area contributed by atoms with Gasteiger partial charge in [-0.05, 0) is 23.8 Å². The number of aromatic nitrogens is 3. The quantitative estimate of drug-likeness (QED) is 0.480. The third-order valence-electron chi connectivity index (χ3n) is 4.48. The van der Waals surface area contributed by atoms with Crippen molar-refractivity contribution in [3.8, 4) is 22.9 Å². The predicted octanol–water partition coefficient (Wildman–Crippen LogP) is 3.52. The fourth-order valence-electron chi connectivity index (χ4n) is 3.03. The molecule has 0 saturated heterocycles. The molecule has 148 valence electrons. The van der Waals surface area contributed by atoms with Crippen molar-refractivity contribution in [2.45, 2.75) is 13.0 Å². The van der Waals surface area contributed by atoms with E-state index in [1.807, 2.05) is 30.5 Å². The van der Waals surface area contributed by atoms with Gasteiger partial charge in [0.15, 0.2) is 6.61 Å². The van der Waals surface area contributed by atoms with E-state index in [1.165, 1.54) is 0 Å². The minimum atomic E-state index is -0.378. The number of nitrogens with zero attached hydrogens (tertiary/aromatic N) is 2. The van der Waals surface area contributed by atoms with Crippen LogP contribution in [0.4, 0.5) is 0 Å². The Labute approximate surface area is 166 Å². The number of esters is 1. The van der Waals surface area contributed by atoms with Gasteiger partial charge >= 0.3 is 5.97 Å². The zero-order chi connectivity index (χ0) is 20.2. The van der Waals surface area contributed by atoms with Gasteiger partial charge in [0.1, 0.15) is 11.5 Å². The van der Waals surface area contributed by atoms with Crippen LogP contribution < -0.4 is 9.47 Å². The van der Waals surface area contributed by atoms with E-state index in [0.29, 0.717) is 22.9 Å². The summed E-state index contributed by atoms with van der Waals surface area (Å²) in [7, 11) is 3.12. The molecule has 0 saturated carbocycles. The second kappa shape index (κ2) is 8.05. The second-order valence-electron chi connectivity index (χ2n) is 6.27. The summed E-state index contributed by atoms with van der Waals surface area (Å²) in [4.78, 5) is 19.6. The second-order valence-corrected chi connectivity index (χ2v) is 6.27. The van der Waals surface area contributed by atoms with Crippen LogP contribution in [0.15, 0.2) is 53.2 Å². The SMILES string of the molecule is COc1ccc(-c2noc(COC(=O)Cc3c[nH]c4ccccc34)n2)c(OC)c1. The summed E-state index contributed by atoms with van der Waals surface area (Å²) in [6, 6.07) is 13.1. The number of benzene rings is 2. The highest BCUT2D eigenvalue weighted by molar-refractivity contribution is 5.87. The van der Waals surface area contributed by atoms with E-state index >= 15 is 0 Å². The van der Waals surface area contributed by atoms with Crippen LogP contribution in [0.3, 0.4) is 0 Å². The lowest BCUT2D eigenvalue weighted by molar-refractivity contribution is -0.144. The normalized spacial score (nSPS) is 10.8. The number of hydrogen-bond donors (Lipinski definition) is 1. The number of fused-ring (bicyclic) bond motifs is 1. The highest BCUT2D eigenvalue weighted by atomic mass is 16.6. The van der Waals surface area contributed by atoms with Crippen molar-refractivity contribution in [2.75, 3.05) is 14.2 Å². The monoisotopic (exact) mass is 393 g/mol. The first-order valence-electron chi connectivity index (χ1n) is 8.93. The fourth-order valence-corrected chi connectivity index (χ4v) is 3.03. The average Bonchev–Trinajstić information content (AvgIpc) is 3.39. The molecule has 1 N–H and O–H groups in total. The van der Waals surface area contributed by atoms with Crippen molar-refractivity contribution in [3.05, 3.63) is 60.1 Å². The van der Waals surface area contributed by atoms with Gasteiger partial charge in [-0.1, -0.05) is 23.4 Å². The van der Waals surface area contributed by atoms with Crippen LogP contribution in [0, 0.1) is 0 Å². The maximum Gasteiger partial charge on any atom is 0.310 e. The molecule has 0 atom stereocenters. The lowest BCUT2D eigenvalue weighted by Crippen LogP contribution is -2.07. The molecule has 0 radical (unpaired) electrons. The number of nitrogens with one attached hydrogen (secondary N) is 1. The van der Waals surface area contributed by atoms with Gasteiger partial charge < -0.3 is 23.7 Å². The number of H-pyrrole nitrogens is 1. The number of para-hydroxylation sites is 1. The van der Waals surface area contributed by atoms with Gasteiger partial charge in [-0.3, -0.25) is 4.79 Å². The van der Waals surface area contributed by atoms with Crippen molar-refractivity contribution < 1.29 is 23.5 Å². The number of aromatic amines is 1. The molecule has 8 nitrogen and oxygen atoms in total. The maximum absolute atomic E-state index is 12.2. The van der Waals surface area contributed by atoms with Gasteiger partial charge in [0.05, 0.1) is 26.2 Å². The summed E-state index contributed by atoms with van der Waals surface area (Å²) in [5.74, 6) is 1.36. The first kappa shape index (κ1) is 18.5. The van der Waals surface area contributed by atoms with Gasteiger partial charge in [0.2, 0.25) is 5.82 Å². The third-order valence-corrected chi connectivity index (χ3v) is 4.48. The van der Waals surface area contributed by atoms with E-state index in [-0.39, 0.29) is 24.9 Å². The molecule has 0 fully saturated rings. The Kier molecular flexibility index (Phi) is 5.15. The number of rotatable bonds is 7. The lowest BCUT2D eigenvalue weighted by atomic mass is 10.1. The molecular formula is C21H19N3O5. The molecule has 2 aromatic heterocycles. The van der Waals surface area contributed by atoms with Gasteiger partial charge in [-0.25, -0.2) is 0 Å². The van der Waals surface area contributed by atoms with Crippen LogP contribution in [0.1, 0.15) is 11.5 Å². The molecular weight excluding hydrogens is 374 g/mol. The number of carbonyl (C=O) groups excluding carboxylic acids is 1. The van der Waals surface area contributed by atoms with Crippen LogP contribution >= 0.6 is 0 Å². The molecule has 0 spiro atoms. The van der Waals surface area contributed by atoms with Crippen molar-refractivity contribution >= 4 is 16.9 Å². The first-order chi connectivity index (χ1) is 14.2. The van der Waals surface area contributed by atoms with Crippen molar-refractivity contribution in [2.24, 2.45) is 0 Å². The minimum Gasteiger partial charge on any atom is -0.497 e. The van der Waals surface area contributed by atoms with E-state index < -0.39 is 0 Å². The Morgan fingerprint density at radius 2 is 2.00 bits per heavy atom. The van der Waals surface area contributed by atoms with E-state index in [0.717, 1.165) is 16.5 Å². The Morgan fingerprint density at radius 3 is 2.83 bits per heavy atom. The lowest BCUT2D eigenvalue weighted by Gasteiger charge is -2.07. The summed E-state index contributed by atoms with van der Waals surface area (Å²) < 4.78 is 21.0. The standard InChI is InChI=1S/C21H19N3O5/c1-26-14-7-8-16(18(10-14)27-2)21-23-19(29-24-21)12-28-20(25)9-13-11-22-17-6-4-3-5-15(13)17/h3-8,10-11,22H,9,12H2,1-2H3. The van der Waals surface area contributed by atoms with E-state index in [1.54, 1.807) is 32.4 Å². The molecule has 0 aliphatic carbocycles. The summed E-state index contributed by atoms with van der Waals surface area (Å²) in [5, 5.41) is 4.94. The minimum absolute atomic E-state index is 0.105. The van der Waals surface area contributed by atoms with Crippen LogP contribution in [-0.4, -0.2) is 35.3 Å². The fraction of sp³-hybridized carbons (Fsp3) is 0.190. The van der Waals surface area contributed by atoms with E-state index in [4.69, 9.17) is 18.7 Å². The average molecular weight is 393 g/mol. The molecule has 0 unspecified atom stereocenters. The summed E-state index contributed by atoms with van der Waals surface area (Å²) in [6.45, 7) is -0.105. The van der Waals surface area contributed by atoms with Gasteiger partial charge in [-0.2, -0.15) is 4.98 Å². The molecule has 29 heavy (non-hydrogen) atoms. The van der Waals surface area contributed by atoms with Crippen molar-refractivity contribution in [3.63, 3.8) is 0 Å². The highest BCUT2D eigenvalue weighted by Crippen LogP contribution is 2.31. The van der Waals surface area contributed by atoms with E-state index in [2.05, 4.69) is 15.1 Å². The Morgan fingerprint density at radius 1 is 1.14 bits per heavy atom. The molecule has 2 heterocycles. The molecule has 2 aromatic carbocycles. The summed E-state index contributed by atoms with van der Waals surface area (Å²) in [6.07, 6.45) is 1.96. The number of carbonyl (C=O) groups is 1. The molecule has 0 aliphatic heterocycles. The van der Waals surface area contributed by atoms with Crippen LogP contribution in [0.25, 0.3) is 22.3 Å². The maximum atomic E-state index is 12.2. The molecule has 4 aromatic rings. The van der Waals surface area contributed by atoms with Crippen LogP contribution in [0.5, 0.6) is 11.5 Å². The number of methoxy groups -OCH3 is 2. The molecule has 0 aliphatic rings. The van der Waals surface area contributed by atoms with Crippen molar-refractivity contribution in [1.29, 1.82) is 0 Å². The van der Waals surface area contributed by atoms with Crippen LogP contribution in [-0.2, 0) is 22.6 Å². The molecule has 0 amide bonds. The predicted molar refractivity (Wildman–Crippen MR) is 105 cm³/mol. The molecule has 0 bridgehead atoms. The largest absolute Gasteiger partial charge is 0.497 e. The Balaban J connectivity index is 1.41. The first-order valence-corrected chi connectivity index (χ1v) is 8.93. The third kappa shape index (κ3) is 3.91. The number of hydrogen-bond acceptors (Lipinski definition) is 7. The highest BCUT2D eigenvalue weighted by Gasteiger charge is 2.16. The topological polar surface area (TPSA) is 99.5 Å². The zero-order valence-electron chi connectivity index (χ0n) is 16.0. The summed E-state index contributed by atoms with van der Waals surface area (Å²) in [5.41, 5.74) is 2.50. The zero-order valence-corrected chi connectivity index (χ0v) is 16.0. The summed E-state index contributed by atoms with van der Waals surface area (Å²) >= 11 is 0. The van der Waals surface area contributed by atoms with Gasteiger partial charge in [-0.15, -0.1) is 0 Å². The van der Waals surface area contributed by atoms with Crippen molar-refractivity contribution in [1.82, 2.24) is 15.1 Å². The van der Waals surface area contributed by atoms with Crippen LogP contribution in [0.2, 0.25) is 0 Å². The smallest absolute Gasteiger partial charge is 0.310 e. The van der Waals surface area contributed by atoms with Gasteiger partial charge in [0.25, 0.3) is 5.89 Å². The molecule has 8 heteroatoms. The molecule has 4 rings (SSSR count). The Hall–Kier alpha value is -3.81.